The number of benzene rings is 1. The largest absolute Gasteiger partial charge is 0.263 e. The molecule has 0 fully saturated rings. The van der Waals surface area contributed by atoms with E-state index in [-0.39, 0.29) is 0 Å². The fourth-order valence-electron chi connectivity index (χ4n) is 2.98. The predicted molar refractivity (Wildman–Crippen MR) is 95.7 cm³/mol. The highest BCUT2D eigenvalue weighted by atomic mass is 32.1. The third kappa shape index (κ3) is 1.92. The number of hydrogen-bond donors (Lipinski definition) is 0. The summed E-state index contributed by atoms with van der Waals surface area (Å²) in [5.74, 6) is 0. The topological polar surface area (TPSA) is 38.7 Å². The maximum Gasteiger partial charge on any atom is 0.0795 e. The maximum atomic E-state index is 4.70. The Labute approximate surface area is 136 Å². The zero-order chi connectivity index (χ0) is 15.2. The van der Waals surface area contributed by atoms with Crippen molar-refractivity contribution in [3.63, 3.8) is 0 Å². The molecule has 0 bridgehead atoms. The zero-order valence-electron chi connectivity index (χ0n) is 12.1. The summed E-state index contributed by atoms with van der Waals surface area (Å²) in [4.78, 5) is 13.4. The van der Waals surface area contributed by atoms with Crippen LogP contribution in [0.4, 0.5) is 0 Å². The van der Waals surface area contributed by atoms with Gasteiger partial charge < -0.3 is 0 Å². The Kier molecular flexibility index (Phi) is 2.66. The van der Waals surface area contributed by atoms with Crippen LogP contribution in [-0.2, 0) is 0 Å². The number of aromatic nitrogens is 3. The summed E-state index contributed by atoms with van der Waals surface area (Å²) in [6.07, 6.45) is 7.54. The van der Waals surface area contributed by atoms with Crippen molar-refractivity contribution in [2.75, 3.05) is 0 Å². The second-order valence-electron chi connectivity index (χ2n) is 5.42. The van der Waals surface area contributed by atoms with Crippen LogP contribution >= 0.6 is 11.3 Å². The minimum Gasteiger partial charge on any atom is -0.263 e. The van der Waals surface area contributed by atoms with Crippen LogP contribution in [0.5, 0.6) is 0 Å². The minimum atomic E-state index is 0.960. The van der Waals surface area contributed by atoms with Gasteiger partial charge in [-0.25, -0.2) is 0 Å². The molecular formula is C19H11N3S. The molecule has 108 valence electrons. The van der Waals surface area contributed by atoms with E-state index in [1.165, 1.54) is 20.2 Å². The summed E-state index contributed by atoms with van der Waals surface area (Å²) in [5, 5.41) is 3.53. The highest BCUT2D eigenvalue weighted by Gasteiger charge is 2.10. The summed E-state index contributed by atoms with van der Waals surface area (Å²) in [6, 6.07) is 14.5. The average Bonchev–Trinajstić information content (AvgIpc) is 2.99. The Bertz CT molecular complexity index is 1170. The van der Waals surface area contributed by atoms with Crippen molar-refractivity contribution in [3.05, 3.63) is 67.3 Å². The number of hydrogen-bond acceptors (Lipinski definition) is 4. The van der Waals surface area contributed by atoms with Gasteiger partial charge in [0.2, 0.25) is 0 Å². The standard InChI is InChI=1S/C19H11N3S/c1-3-12-4-2-7-21-19(12)14(5-1)16-9-17-15(10-22-16)13-6-8-20-11-18(13)23-17/h1-11H. The van der Waals surface area contributed by atoms with E-state index >= 15 is 0 Å². The lowest BCUT2D eigenvalue weighted by atomic mass is 10.1. The molecule has 1 aromatic carbocycles. The van der Waals surface area contributed by atoms with Crippen LogP contribution in [0.3, 0.4) is 0 Å². The summed E-state index contributed by atoms with van der Waals surface area (Å²) in [7, 11) is 0. The smallest absolute Gasteiger partial charge is 0.0795 e. The molecule has 0 atom stereocenters. The lowest BCUT2D eigenvalue weighted by Gasteiger charge is -2.05. The minimum absolute atomic E-state index is 0.960. The fraction of sp³-hybridized carbons (Fsp3) is 0. The van der Waals surface area contributed by atoms with Crippen LogP contribution in [0, 0.1) is 0 Å². The molecule has 0 amide bonds. The molecule has 0 aliphatic carbocycles. The number of fused-ring (bicyclic) bond motifs is 4. The van der Waals surface area contributed by atoms with Crippen molar-refractivity contribution in [1.82, 2.24) is 15.0 Å². The van der Waals surface area contributed by atoms with Crippen LogP contribution in [0.1, 0.15) is 0 Å². The Morgan fingerprint density at radius 2 is 1.74 bits per heavy atom. The molecule has 4 heteroatoms. The van der Waals surface area contributed by atoms with E-state index < -0.39 is 0 Å². The molecule has 3 nitrogen and oxygen atoms in total. The lowest BCUT2D eigenvalue weighted by Crippen LogP contribution is -1.87. The van der Waals surface area contributed by atoms with Gasteiger partial charge in [0.05, 0.1) is 15.9 Å². The van der Waals surface area contributed by atoms with Crippen LogP contribution in [0.15, 0.2) is 67.3 Å². The number of thiophene rings is 1. The maximum absolute atomic E-state index is 4.70. The van der Waals surface area contributed by atoms with E-state index in [9.17, 15) is 0 Å². The normalized spacial score (nSPS) is 11.5. The van der Waals surface area contributed by atoms with Crippen molar-refractivity contribution in [2.24, 2.45) is 0 Å². The van der Waals surface area contributed by atoms with Crippen molar-refractivity contribution >= 4 is 42.4 Å². The van der Waals surface area contributed by atoms with Crippen molar-refractivity contribution in [2.45, 2.75) is 0 Å². The molecule has 0 spiro atoms. The molecule has 0 unspecified atom stereocenters. The third-order valence-corrected chi connectivity index (χ3v) is 5.17. The number of rotatable bonds is 1. The Morgan fingerprint density at radius 1 is 0.783 bits per heavy atom. The SMILES string of the molecule is c1cnc2c(-c3cc4sc5cnccc5c4cn3)cccc2c1. The van der Waals surface area contributed by atoms with Crippen LogP contribution in [-0.4, -0.2) is 15.0 Å². The molecule has 23 heavy (non-hydrogen) atoms. The second kappa shape index (κ2) is 4.83. The quantitative estimate of drug-likeness (QED) is 0.434. The van der Waals surface area contributed by atoms with Gasteiger partial charge in [0, 0.05) is 51.2 Å². The molecule has 0 aliphatic rings. The monoisotopic (exact) mass is 313 g/mol. The fourth-order valence-corrected chi connectivity index (χ4v) is 4.07. The van der Waals surface area contributed by atoms with E-state index in [1.54, 1.807) is 11.3 Å². The Morgan fingerprint density at radius 3 is 2.74 bits per heavy atom. The number of para-hydroxylation sites is 1. The Hall–Kier alpha value is -2.85. The highest BCUT2D eigenvalue weighted by Crippen LogP contribution is 2.35. The Balaban J connectivity index is 1.81. The molecule has 0 N–H and O–H groups in total. The van der Waals surface area contributed by atoms with Gasteiger partial charge in [0.15, 0.2) is 0 Å². The molecule has 0 saturated carbocycles. The number of nitrogens with zero attached hydrogens (tertiary/aromatic N) is 3. The molecular weight excluding hydrogens is 302 g/mol. The molecule has 4 heterocycles. The van der Waals surface area contributed by atoms with E-state index in [1.807, 2.05) is 30.9 Å². The molecule has 0 saturated heterocycles. The molecule has 4 aromatic heterocycles. The van der Waals surface area contributed by atoms with Crippen molar-refractivity contribution in [1.29, 1.82) is 0 Å². The van der Waals surface area contributed by atoms with E-state index in [0.717, 1.165) is 22.2 Å². The molecule has 0 aliphatic heterocycles. The summed E-state index contributed by atoms with van der Waals surface area (Å²) in [5.41, 5.74) is 3.02. The second-order valence-corrected chi connectivity index (χ2v) is 6.50. The van der Waals surface area contributed by atoms with E-state index in [0.29, 0.717) is 0 Å². The first-order valence-corrected chi connectivity index (χ1v) is 8.18. The van der Waals surface area contributed by atoms with Crippen LogP contribution in [0.2, 0.25) is 0 Å². The zero-order valence-corrected chi connectivity index (χ0v) is 12.9. The molecule has 5 rings (SSSR count). The van der Waals surface area contributed by atoms with Gasteiger partial charge >= 0.3 is 0 Å². The highest BCUT2D eigenvalue weighted by molar-refractivity contribution is 7.25. The number of pyridine rings is 3. The third-order valence-electron chi connectivity index (χ3n) is 4.07. The summed E-state index contributed by atoms with van der Waals surface area (Å²) >= 11 is 1.75. The van der Waals surface area contributed by atoms with Gasteiger partial charge in [-0.3, -0.25) is 15.0 Å². The van der Waals surface area contributed by atoms with Crippen LogP contribution in [0.25, 0.3) is 42.3 Å². The van der Waals surface area contributed by atoms with Gasteiger partial charge in [-0.2, -0.15) is 0 Å². The first-order valence-electron chi connectivity index (χ1n) is 7.36. The van der Waals surface area contributed by atoms with Gasteiger partial charge in [-0.15, -0.1) is 11.3 Å². The van der Waals surface area contributed by atoms with Gasteiger partial charge in [-0.05, 0) is 18.2 Å². The van der Waals surface area contributed by atoms with Gasteiger partial charge in [-0.1, -0.05) is 24.3 Å². The molecule has 5 aromatic rings. The average molecular weight is 313 g/mol. The first kappa shape index (κ1) is 12.7. The van der Waals surface area contributed by atoms with Crippen molar-refractivity contribution in [3.8, 4) is 11.3 Å². The van der Waals surface area contributed by atoms with Gasteiger partial charge in [0.1, 0.15) is 0 Å². The van der Waals surface area contributed by atoms with Crippen LogP contribution < -0.4 is 0 Å². The van der Waals surface area contributed by atoms with E-state index in [4.69, 9.17) is 4.98 Å². The van der Waals surface area contributed by atoms with E-state index in [2.05, 4.69) is 46.4 Å². The molecule has 0 radical (unpaired) electrons. The lowest BCUT2D eigenvalue weighted by molar-refractivity contribution is 1.35. The van der Waals surface area contributed by atoms with Gasteiger partial charge in [0.25, 0.3) is 0 Å². The van der Waals surface area contributed by atoms with Crippen molar-refractivity contribution < 1.29 is 0 Å². The predicted octanol–water partition coefficient (Wildman–Crippen LogP) is 5.06. The summed E-state index contributed by atoms with van der Waals surface area (Å²) in [6.45, 7) is 0. The summed E-state index contributed by atoms with van der Waals surface area (Å²) < 4.78 is 2.42. The first-order chi connectivity index (χ1) is 11.4.